The van der Waals surface area contributed by atoms with Gasteiger partial charge in [-0.2, -0.15) is 0 Å². The van der Waals surface area contributed by atoms with Crippen LogP contribution >= 0.6 is 22.7 Å². The van der Waals surface area contributed by atoms with Gasteiger partial charge in [-0.3, -0.25) is 0 Å². The van der Waals surface area contributed by atoms with Crippen LogP contribution in [0.2, 0.25) is 0 Å². The van der Waals surface area contributed by atoms with Crippen molar-refractivity contribution in [2.45, 2.75) is 6.42 Å². The molecular formula is C66H40N4S2. The third kappa shape index (κ3) is 6.53. The number of hydrogen-bond acceptors (Lipinski definition) is 5. The van der Waals surface area contributed by atoms with Crippen molar-refractivity contribution in [1.29, 1.82) is 0 Å². The summed E-state index contributed by atoms with van der Waals surface area (Å²) in [6.07, 6.45) is 3.15. The second-order valence-electron chi connectivity index (χ2n) is 18.6. The predicted octanol–water partition coefficient (Wildman–Crippen LogP) is 18.1. The third-order valence-corrected chi connectivity index (χ3v) is 16.9. The van der Waals surface area contributed by atoms with Crippen LogP contribution in [0, 0.1) is 0 Å². The molecule has 6 heteroatoms. The Morgan fingerprint density at radius 1 is 0.375 bits per heavy atom. The van der Waals surface area contributed by atoms with E-state index < -0.39 is 0 Å². The Balaban J connectivity index is 0.934. The van der Waals surface area contributed by atoms with Crippen LogP contribution in [0.25, 0.3) is 136 Å². The van der Waals surface area contributed by atoms with E-state index in [0.717, 1.165) is 27.9 Å². The number of benzene rings is 10. The molecule has 0 radical (unpaired) electrons. The van der Waals surface area contributed by atoms with Gasteiger partial charge in [0, 0.05) is 73.5 Å². The minimum atomic E-state index is 0.648. The molecule has 0 unspecified atom stereocenters. The fraction of sp³-hybridized carbons (Fsp3) is 0.0152. The zero-order chi connectivity index (χ0) is 47.3. The minimum Gasteiger partial charge on any atom is -0.309 e. The molecule has 4 heterocycles. The summed E-state index contributed by atoms with van der Waals surface area (Å²) in [6.45, 7) is 0. The molecule has 1 aliphatic carbocycles. The highest BCUT2D eigenvalue weighted by atomic mass is 32.1. The number of rotatable bonds is 6. The molecule has 14 aromatic rings. The lowest BCUT2D eigenvalue weighted by Crippen LogP contribution is -2.03. The molecule has 1 aliphatic rings. The van der Waals surface area contributed by atoms with E-state index >= 15 is 0 Å². The molecule has 0 N–H and O–H groups in total. The Labute approximate surface area is 423 Å². The van der Waals surface area contributed by atoms with E-state index in [2.05, 4.69) is 229 Å². The van der Waals surface area contributed by atoms with Gasteiger partial charge in [-0.15, -0.1) is 22.7 Å². The fourth-order valence-corrected chi connectivity index (χ4v) is 13.6. The van der Waals surface area contributed by atoms with Crippen LogP contribution in [0.3, 0.4) is 0 Å². The lowest BCUT2D eigenvalue weighted by molar-refractivity contribution is 1.08. The molecule has 0 saturated carbocycles. The van der Waals surface area contributed by atoms with Crippen molar-refractivity contribution in [2.24, 2.45) is 0 Å². The Morgan fingerprint density at radius 3 is 1.88 bits per heavy atom. The SMILES string of the molecule is C1=C(c2c(-c3nc(-c4ccccc4)nc(-c4cccc5c4sc4ccccc45)n3)ccc3sc4ccccc4c23)Cc2ccc(-c3ccc4c5ccccc5n(-c5ccccc5)c4c3)cc2-c2ccccc21. The van der Waals surface area contributed by atoms with Crippen LogP contribution < -0.4 is 0 Å². The first kappa shape index (κ1) is 41.0. The van der Waals surface area contributed by atoms with Gasteiger partial charge in [-0.05, 0) is 112 Å². The van der Waals surface area contributed by atoms with Gasteiger partial charge in [-0.1, -0.05) is 170 Å². The Kier molecular flexibility index (Phi) is 9.34. The van der Waals surface area contributed by atoms with Gasteiger partial charge in [0.1, 0.15) is 0 Å². The van der Waals surface area contributed by atoms with Crippen molar-refractivity contribution in [3.05, 3.63) is 241 Å². The Hall–Kier alpha value is -8.81. The van der Waals surface area contributed by atoms with Crippen LogP contribution in [0.15, 0.2) is 224 Å². The number of fused-ring (bicyclic) bond motifs is 12. The molecule has 15 rings (SSSR count). The topological polar surface area (TPSA) is 43.6 Å². The monoisotopic (exact) mass is 952 g/mol. The second kappa shape index (κ2) is 16.4. The average Bonchev–Trinajstić information content (AvgIpc) is 4.09. The van der Waals surface area contributed by atoms with Crippen LogP contribution in [-0.4, -0.2) is 19.5 Å². The van der Waals surface area contributed by atoms with E-state index in [0.29, 0.717) is 23.9 Å². The van der Waals surface area contributed by atoms with Gasteiger partial charge < -0.3 is 4.57 Å². The maximum Gasteiger partial charge on any atom is 0.165 e. The molecule has 10 aromatic carbocycles. The van der Waals surface area contributed by atoms with E-state index in [1.54, 1.807) is 11.3 Å². The summed E-state index contributed by atoms with van der Waals surface area (Å²) in [5, 5.41) is 7.42. The first-order valence-corrected chi connectivity index (χ1v) is 26.0. The van der Waals surface area contributed by atoms with Crippen molar-refractivity contribution in [1.82, 2.24) is 19.5 Å². The number of thiophene rings is 2. The first-order valence-electron chi connectivity index (χ1n) is 24.4. The molecule has 0 spiro atoms. The van der Waals surface area contributed by atoms with E-state index in [1.807, 2.05) is 17.4 Å². The summed E-state index contributed by atoms with van der Waals surface area (Å²) >= 11 is 3.64. The number of hydrogen-bond donors (Lipinski definition) is 0. The molecule has 4 aromatic heterocycles. The van der Waals surface area contributed by atoms with E-state index in [-0.39, 0.29) is 0 Å². The summed E-state index contributed by atoms with van der Waals surface area (Å²) in [5.74, 6) is 1.97. The number of aromatic nitrogens is 4. The Morgan fingerprint density at radius 2 is 1.01 bits per heavy atom. The second-order valence-corrected chi connectivity index (χ2v) is 20.8. The highest BCUT2D eigenvalue weighted by Crippen LogP contribution is 2.48. The fourth-order valence-electron chi connectivity index (χ4n) is 11.2. The van der Waals surface area contributed by atoms with E-state index in [1.165, 1.54) is 101 Å². The van der Waals surface area contributed by atoms with Crippen LogP contribution in [0.5, 0.6) is 0 Å². The summed E-state index contributed by atoms with van der Waals surface area (Å²) < 4.78 is 7.31. The maximum absolute atomic E-state index is 5.52. The zero-order valence-electron chi connectivity index (χ0n) is 38.8. The van der Waals surface area contributed by atoms with E-state index in [4.69, 9.17) is 15.0 Å². The lowest BCUT2D eigenvalue weighted by Gasteiger charge is -2.17. The van der Waals surface area contributed by atoms with Gasteiger partial charge >= 0.3 is 0 Å². The van der Waals surface area contributed by atoms with Gasteiger partial charge in [0.15, 0.2) is 17.5 Å². The summed E-state index contributed by atoms with van der Waals surface area (Å²) in [5.41, 5.74) is 16.2. The highest BCUT2D eigenvalue weighted by Gasteiger charge is 2.26. The standard InChI is InChI=1S/C66H40N4S2/c1-3-16-40(17-4-1)64-67-65(69-66(68-64)54-26-15-25-51-50-23-10-13-28-58(50)72-63(51)54)53-34-35-60-62(52-24-11-14-29-59(52)71-60)61(53)45-36-43-18-7-8-21-47(43)55-38-41(30-31-44(55)37-45)42-32-33-49-48-22-9-12-27-56(48)70(57(49)39-42)46-19-5-2-6-20-46/h1-36,38-39H,37H2. The molecule has 0 saturated heterocycles. The normalized spacial score (nSPS) is 12.5. The van der Waals surface area contributed by atoms with Gasteiger partial charge in [0.25, 0.3) is 0 Å². The van der Waals surface area contributed by atoms with Crippen LogP contribution in [-0.2, 0) is 6.42 Å². The third-order valence-electron chi connectivity index (χ3n) is 14.5. The molecule has 0 aliphatic heterocycles. The van der Waals surface area contributed by atoms with E-state index in [9.17, 15) is 0 Å². The molecule has 0 amide bonds. The summed E-state index contributed by atoms with van der Waals surface area (Å²) in [6, 6.07) is 81.3. The van der Waals surface area contributed by atoms with Crippen molar-refractivity contribution in [3.8, 4) is 62.1 Å². The quantitative estimate of drug-likeness (QED) is 0.167. The molecule has 336 valence electrons. The van der Waals surface area contributed by atoms with Gasteiger partial charge in [0.05, 0.1) is 11.0 Å². The predicted molar refractivity (Wildman–Crippen MR) is 305 cm³/mol. The summed E-state index contributed by atoms with van der Waals surface area (Å²) in [4.78, 5) is 16.2. The largest absolute Gasteiger partial charge is 0.309 e. The highest BCUT2D eigenvalue weighted by molar-refractivity contribution is 7.26. The number of allylic oxidation sites excluding steroid dienone is 1. The van der Waals surface area contributed by atoms with Crippen molar-refractivity contribution in [2.75, 3.05) is 0 Å². The lowest BCUT2D eigenvalue weighted by atomic mass is 9.88. The molecule has 0 fully saturated rings. The number of para-hydroxylation sites is 2. The van der Waals surface area contributed by atoms with Crippen molar-refractivity contribution in [3.63, 3.8) is 0 Å². The average molecular weight is 953 g/mol. The van der Waals surface area contributed by atoms with Crippen molar-refractivity contribution >= 4 is 96.5 Å². The first-order chi connectivity index (χ1) is 35.7. The van der Waals surface area contributed by atoms with Gasteiger partial charge in [0.2, 0.25) is 0 Å². The minimum absolute atomic E-state index is 0.648. The number of nitrogens with zero attached hydrogens (tertiary/aromatic N) is 4. The van der Waals surface area contributed by atoms with Crippen LogP contribution in [0.1, 0.15) is 16.7 Å². The smallest absolute Gasteiger partial charge is 0.165 e. The summed E-state index contributed by atoms with van der Waals surface area (Å²) in [7, 11) is 0. The molecule has 4 nitrogen and oxygen atoms in total. The maximum atomic E-state index is 5.52. The molecular weight excluding hydrogens is 913 g/mol. The van der Waals surface area contributed by atoms with Gasteiger partial charge in [-0.25, -0.2) is 15.0 Å². The molecule has 0 atom stereocenters. The van der Waals surface area contributed by atoms with Crippen LogP contribution in [0.4, 0.5) is 0 Å². The zero-order valence-corrected chi connectivity index (χ0v) is 40.4. The molecule has 0 bridgehead atoms. The Bertz CT molecular complexity index is 4540. The molecule has 72 heavy (non-hydrogen) atoms. The van der Waals surface area contributed by atoms with Crippen molar-refractivity contribution < 1.29 is 0 Å².